The number of para-hydroxylation sites is 1. The van der Waals surface area contributed by atoms with Crippen molar-refractivity contribution in [2.24, 2.45) is 0 Å². The van der Waals surface area contributed by atoms with Crippen molar-refractivity contribution < 1.29 is 9.47 Å². The van der Waals surface area contributed by atoms with Gasteiger partial charge in [0.1, 0.15) is 11.8 Å². The van der Waals surface area contributed by atoms with Gasteiger partial charge in [-0.1, -0.05) is 18.2 Å². The number of hydrogen-bond donors (Lipinski definition) is 1. The summed E-state index contributed by atoms with van der Waals surface area (Å²) >= 11 is 0. The fourth-order valence-electron chi connectivity index (χ4n) is 5.43. The van der Waals surface area contributed by atoms with Gasteiger partial charge in [0.2, 0.25) is 0 Å². The van der Waals surface area contributed by atoms with E-state index in [1.165, 1.54) is 5.69 Å². The first-order chi connectivity index (χ1) is 18.2. The summed E-state index contributed by atoms with van der Waals surface area (Å²) in [5.41, 5.74) is 2.45. The molecule has 2 aliphatic heterocycles. The lowest BCUT2D eigenvalue weighted by atomic mass is 10.0. The van der Waals surface area contributed by atoms with E-state index in [-0.39, 0.29) is 11.7 Å². The van der Waals surface area contributed by atoms with Crippen LogP contribution < -0.4 is 15.2 Å². The quantitative estimate of drug-likeness (QED) is 0.413. The van der Waals surface area contributed by atoms with E-state index in [0.717, 1.165) is 62.3 Å². The molecule has 2 fully saturated rings. The molecule has 2 atom stereocenters. The van der Waals surface area contributed by atoms with Gasteiger partial charge in [-0.05, 0) is 59.7 Å². The first kappa shape index (κ1) is 23.6. The van der Waals surface area contributed by atoms with E-state index < -0.39 is 6.04 Å². The number of nitrogens with zero attached hydrogens (tertiary/aromatic N) is 6. The van der Waals surface area contributed by atoms with Gasteiger partial charge < -0.3 is 19.4 Å². The lowest BCUT2D eigenvalue weighted by molar-refractivity contribution is 0.0906. The number of fused-ring (bicyclic) bond motifs is 1. The monoisotopic (exact) mass is 501 g/mol. The highest BCUT2D eigenvalue weighted by Crippen LogP contribution is 2.30. The summed E-state index contributed by atoms with van der Waals surface area (Å²) in [6.45, 7) is 4.55. The third-order valence-corrected chi connectivity index (χ3v) is 7.38. The number of hydrogen-bond acceptors (Lipinski definition) is 8. The van der Waals surface area contributed by atoms with Crippen molar-refractivity contribution >= 4 is 16.6 Å². The van der Waals surface area contributed by atoms with E-state index in [1.54, 1.807) is 7.11 Å². The number of aromatic nitrogens is 5. The fourth-order valence-corrected chi connectivity index (χ4v) is 5.43. The summed E-state index contributed by atoms with van der Waals surface area (Å²) in [7, 11) is 1.64. The third kappa shape index (κ3) is 4.82. The van der Waals surface area contributed by atoms with Crippen LogP contribution in [0.3, 0.4) is 0 Å². The maximum atomic E-state index is 13.5. The Labute approximate surface area is 214 Å². The lowest BCUT2D eigenvalue weighted by Crippen LogP contribution is -2.49. The Balaban J connectivity index is 1.38. The van der Waals surface area contributed by atoms with Crippen molar-refractivity contribution in [2.75, 3.05) is 44.8 Å². The number of piperazine rings is 1. The Bertz CT molecular complexity index is 1410. The van der Waals surface area contributed by atoms with Crippen LogP contribution in [0.15, 0.2) is 59.4 Å². The molecule has 2 aromatic heterocycles. The van der Waals surface area contributed by atoms with E-state index in [9.17, 15) is 4.79 Å². The van der Waals surface area contributed by atoms with Crippen LogP contribution in [0, 0.1) is 0 Å². The summed E-state index contributed by atoms with van der Waals surface area (Å²) in [6, 6.07) is 17.6. The van der Waals surface area contributed by atoms with Crippen LogP contribution in [0.5, 0.6) is 5.75 Å². The molecular formula is C27H31N7O3. The molecule has 6 rings (SSSR count). The molecule has 1 N–H and O–H groups in total. The summed E-state index contributed by atoms with van der Waals surface area (Å²) in [5.74, 6) is 1.40. The predicted octanol–water partition coefficient (Wildman–Crippen LogP) is 2.61. The third-order valence-electron chi connectivity index (χ3n) is 7.38. The van der Waals surface area contributed by atoms with Crippen LogP contribution in [0.2, 0.25) is 0 Å². The molecule has 10 heteroatoms. The van der Waals surface area contributed by atoms with Crippen LogP contribution in [-0.4, -0.2) is 76.1 Å². The second-order valence-corrected chi connectivity index (χ2v) is 9.62. The Morgan fingerprint density at radius 3 is 2.70 bits per heavy atom. The second-order valence-electron chi connectivity index (χ2n) is 9.62. The summed E-state index contributed by atoms with van der Waals surface area (Å²) in [4.78, 5) is 21.2. The van der Waals surface area contributed by atoms with Crippen LogP contribution in [0.25, 0.3) is 10.9 Å². The van der Waals surface area contributed by atoms with E-state index in [2.05, 4.69) is 54.6 Å². The fraction of sp³-hybridized carbons (Fsp3) is 0.407. The molecule has 4 heterocycles. The average molecular weight is 502 g/mol. The number of nitrogens with one attached hydrogen (secondary N) is 1. The zero-order chi connectivity index (χ0) is 25.2. The van der Waals surface area contributed by atoms with Gasteiger partial charge in [0.25, 0.3) is 5.56 Å². The molecule has 0 saturated carbocycles. The highest BCUT2D eigenvalue weighted by Gasteiger charge is 2.33. The van der Waals surface area contributed by atoms with Crippen molar-refractivity contribution in [3.05, 3.63) is 76.3 Å². The maximum Gasteiger partial charge on any atom is 0.253 e. The van der Waals surface area contributed by atoms with Gasteiger partial charge in [0.05, 0.1) is 19.8 Å². The minimum Gasteiger partial charge on any atom is -0.497 e. The molecule has 10 nitrogen and oxygen atoms in total. The summed E-state index contributed by atoms with van der Waals surface area (Å²) in [5, 5.41) is 13.7. The number of rotatable bonds is 7. The van der Waals surface area contributed by atoms with Crippen LogP contribution >= 0.6 is 0 Å². The molecule has 2 saturated heterocycles. The zero-order valence-electron chi connectivity index (χ0n) is 20.9. The number of ether oxygens (including phenoxy) is 2. The Kier molecular flexibility index (Phi) is 6.58. The molecule has 0 radical (unpaired) electrons. The Hall–Kier alpha value is -3.76. The van der Waals surface area contributed by atoms with Gasteiger partial charge in [-0.3, -0.25) is 9.69 Å². The number of pyridine rings is 1. The van der Waals surface area contributed by atoms with Crippen molar-refractivity contribution in [3.63, 3.8) is 0 Å². The van der Waals surface area contributed by atoms with Crippen LogP contribution in [0.1, 0.15) is 30.3 Å². The molecule has 0 spiro atoms. The lowest BCUT2D eigenvalue weighted by Gasteiger charge is -2.39. The van der Waals surface area contributed by atoms with Gasteiger partial charge >= 0.3 is 0 Å². The molecule has 2 aromatic carbocycles. The average Bonchev–Trinajstić information content (AvgIpc) is 3.63. The van der Waals surface area contributed by atoms with Gasteiger partial charge in [0, 0.05) is 54.9 Å². The molecule has 2 aliphatic rings. The molecule has 0 unspecified atom stereocenters. The molecule has 0 aliphatic carbocycles. The van der Waals surface area contributed by atoms with Crippen molar-refractivity contribution in [3.8, 4) is 5.75 Å². The van der Waals surface area contributed by atoms with Gasteiger partial charge in [-0.15, -0.1) is 5.10 Å². The standard InChI is InChI=1S/C27H31N7O3/c1-36-21-9-10-24-19(16-21)17-23(27(35)28-24)25(26-29-30-31-34(26)18-22-8-5-15-37-22)33-13-11-32(12-14-33)20-6-3-2-4-7-20/h2-4,6-7,9-10,16-17,22,25H,5,8,11-15,18H2,1H3,(H,28,35)/t22-,25-/m0/s1. The topological polar surface area (TPSA) is 101 Å². The number of aromatic amines is 1. The maximum absolute atomic E-state index is 13.5. The van der Waals surface area contributed by atoms with Crippen LogP contribution in [0.4, 0.5) is 5.69 Å². The number of H-pyrrole nitrogens is 1. The highest BCUT2D eigenvalue weighted by atomic mass is 16.5. The summed E-state index contributed by atoms with van der Waals surface area (Å²) in [6.07, 6.45) is 2.10. The first-order valence-electron chi connectivity index (χ1n) is 12.8. The Morgan fingerprint density at radius 2 is 1.95 bits per heavy atom. The van der Waals surface area contributed by atoms with Gasteiger partial charge in [0.15, 0.2) is 5.82 Å². The van der Waals surface area contributed by atoms with E-state index in [0.29, 0.717) is 17.9 Å². The van der Waals surface area contributed by atoms with Gasteiger partial charge in [-0.25, -0.2) is 4.68 Å². The van der Waals surface area contributed by atoms with E-state index in [1.807, 2.05) is 35.0 Å². The molecule has 192 valence electrons. The largest absolute Gasteiger partial charge is 0.497 e. The SMILES string of the molecule is COc1ccc2[nH]c(=O)c([C@@H](c3nnnn3C[C@@H]3CCCO3)N3CCN(c4ccccc4)CC3)cc2c1. The van der Waals surface area contributed by atoms with E-state index >= 15 is 0 Å². The first-order valence-corrected chi connectivity index (χ1v) is 12.8. The molecule has 0 amide bonds. The van der Waals surface area contributed by atoms with E-state index in [4.69, 9.17) is 9.47 Å². The summed E-state index contributed by atoms with van der Waals surface area (Å²) < 4.78 is 13.1. The number of benzene rings is 2. The smallest absolute Gasteiger partial charge is 0.253 e. The minimum atomic E-state index is -0.395. The molecule has 0 bridgehead atoms. The minimum absolute atomic E-state index is 0.0805. The Morgan fingerprint density at radius 1 is 1.11 bits per heavy atom. The number of tetrazole rings is 1. The number of anilines is 1. The molecular weight excluding hydrogens is 470 g/mol. The molecule has 37 heavy (non-hydrogen) atoms. The molecule has 4 aromatic rings. The highest BCUT2D eigenvalue weighted by molar-refractivity contribution is 5.80. The predicted molar refractivity (Wildman–Crippen MR) is 140 cm³/mol. The van der Waals surface area contributed by atoms with Crippen molar-refractivity contribution in [1.29, 1.82) is 0 Å². The second kappa shape index (κ2) is 10.3. The van der Waals surface area contributed by atoms with Crippen molar-refractivity contribution in [1.82, 2.24) is 30.1 Å². The van der Waals surface area contributed by atoms with Crippen LogP contribution in [-0.2, 0) is 11.3 Å². The number of methoxy groups -OCH3 is 1. The zero-order valence-corrected chi connectivity index (χ0v) is 20.9. The normalized spacial score (nSPS) is 19.4. The van der Waals surface area contributed by atoms with Gasteiger partial charge in [-0.2, -0.15) is 0 Å². The van der Waals surface area contributed by atoms with Crippen molar-refractivity contribution in [2.45, 2.75) is 31.5 Å².